The van der Waals surface area contributed by atoms with Crippen molar-refractivity contribution >= 4 is 11.6 Å². The molecule has 12 heteroatoms. The zero-order chi connectivity index (χ0) is 30.6. The van der Waals surface area contributed by atoms with Gasteiger partial charge in [-0.1, -0.05) is 53.7 Å². The highest BCUT2D eigenvalue weighted by Gasteiger charge is 2.28. The maximum atomic E-state index is 14.2. The van der Waals surface area contributed by atoms with Crippen molar-refractivity contribution in [1.29, 1.82) is 0 Å². The van der Waals surface area contributed by atoms with Gasteiger partial charge in [0.1, 0.15) is 12.9 Å². The molecule has 0 unspecified atom stereocenters. The highest BCUT2D eigenvalue weighted by molar-refractivity contribution is 5.80. The fourth-order valence-corrected chi connectivity index (χ4v) is 6.07. The summed E-state index contributed by atoms with van der Waals surface area (Å²) in [5.74, 6) is 0.163. The first kappa shape index (κ1) is 29.4. The molecule has 0 amide bonds. The van der Waals surface area contributed by atoms with Gasteiger partial charge in [-0.15, -0.1) is 0 Å². The predicted molar refractivity (Wildman–Crippen MR) is 160 cm³/mol. The minimum absolute atomic E-state index is 0.00873. The largest absolute Gasteiger partial charge is 0.439 e. The molecule has 1 N–H and O–H groups in total. The SMILES string of the molecule is CC(=O)CO[C@H]1CC[C@H](n2c(=O)c(Cc3ccc(-c4ccccc4-c4noc(=O)[nH]4)cc3)c(CCCF)n3ncnc32)CC1. The number of carbonyl (C=O) groups excluding carboxylic acids is 1. The molecule has 0 spiro atoms. The normalized spacial score (nSPS) is 16.9. The smallest absolute Gasteiger partial charge is 0.370 e. The Morgan fingerprint density at radius 1 is 1.07 bits per heavy atom. The van der Waals surface area contributed by atoms with Crippen LogP contribution in [0.1, 0.15) is 61.9 Å². The maximum Gasteiger partial charge on any atom is 0.439 e. The summed E-state index contributed by atoms with van der Waals surface area (Å²) in [6, 6.07) is 15.3. The van der Waals surface area contributed by atoms with Gasteiger partial charge in [0, 0.05) is 23.6 Å². The number of aromatic nitrogens is 6. The van der Waals surface area contributed by atoms with Crippen LogP contribution in [0.2, 0.25) is 0 Å². The summed E-state index contributed by atoms with van der Waals surface area (Å²) in [5, 5.41) is 8.29. The lowest BCUT2D eigenvalue weighted by Crippen LogP contribution is -2.35. The topological polar surface area (TPSA) is 137 Å². The summed E-state index contributed by atoms with van der Waals surface area (Å²) in [5.41, 5.74) is 4.49. The molecule has 5 aromatic rings. The molecule has 0 aliphatic heterocycles. The van der Waals surface area contributed by atoms with Crippen LogP contribution in [-0.4, -0.2) is 54.5 Å². The average Bonchev–Trinajstić information content (AvgIpc) is 3.70. The number of hydrogen-bond donors (Lipinski definition) is 1. The van der Waals surface area contributed by atoms with Crippen molar-refractivity contribution in [2.45, 2.75) is 64.0 Å². The second-order valence-corrected chi connectivity index (χ2v) is 11.2. The number of aromatic amines is 1. The van der Waals surface area contributed by atoms with Crippen molar-refractivity contribution in [3.63, 3.8) is 0 Å². The Morgan fingerprint density at radius 2 is 1.82 bits per heavy atom. The first-order valence-electron chi connectivity index (χ1n) is 14.8. The number of Topliss-reactive ketones (excluding diaryl/α,β-unsaturated/α-hetero) is 1. The molecule has 1 aliphatic rings. The first-order chi connectivity index (χ1) is 21.4. The number of ether oxygens (including phenoxy) is 1. The highest BCUT2D eigenvalue weighted by Crippen LogP contribution is 2.32. The van der Waals surface area contributed by atoms with Crippen LogP contribution in [-0.2, 0) is 22.4 Å². The average molecular weight is 601 g/mol. The molecule has 1 saturated carbocycles. The minimum atomic E-state index is -0.627. The molecule has 1 fully saturated rings. The van der Waals surface area contributed by atoms with Gasteiger partial charge in [0.25, 0.3) is 5.56 Å². The molecule has 3 heterocycles. The number of nitrogens with one attached hydrogen (secondary N) is 1. The van der Waals surface area contributed by atoms with E-state index in [1.165, 1.54) is 13.3 Å². The number of rotatable bonds is 11. The van der Waals surface area contributed by atoms with E-state index in [-0.39, 0.29) is 36.5 Å². The Labute approximate surface area is 251 Å². The molecule has 228 valence electrons. The number of benzene rings is 2. The Kier molecular flexibility index (Phi) is 8.60. The maximum absolute atomic E-state index is 14.2. The summed E-state index contributed by atoms with van der Waals surface area (Å²) >= 11 is 0. The zero-order valence-electron chi connectivity index (χ0n) is 24.4. The van der Waals surface area contributed by atoms with Crippen LogP contribution >= 0.6 is 0 Å². The summed E-state index contributed by atoms with van der Waals surface area (Å²) in [4.78, 5) is 44.2. The molecule has 0 bridgehead atoms. The molecular weight excluding hydrogens is 567 g/mol. The monoisotopic (exact) mass is 600 g/mol. The van der Waals surface area contributed by atoms with Gasteiger partial charge in [-0.25, -0.2) is 9.31 Å². The number of alkyl halides is 1. The lowest BCUT2D eigenvalue weighted by Gasteiger charge is -2.30. The molecule has 44 heavy (non-hydrogen) atoms. The Morgan fingerprint density at radius 3 is 2.50 bits per heavy atom. The zero-order valence-corrected chi connectivity index (χ0v) is 24.4. The fraction of sp³-hybridized carbons (Fsp3) is 0.375. The van der Waals surface area contributed by atoms with Crippen LogP contribution in [0.5, 0.6) is 0 Å². The summed E-state index contributed by atoms with van der Waals surface area (Å²) in [6.07, 6.45) is 5.26. The van der Waals surface area contributed by atoms with Crippen LogP contribution in [0.4, 0.5) is 4.39 Å². The van der Waals surface area contributed by atoms with E-state index < -0.39 is 12.4 Å². The van der Waals surface area contributed by atoms with Crippen molar-refractivity contribution in [1.82, 2.24) is 29.3 Å². The van der Waals surface area contributed by atoms with Gasteiger partial charge in [0.2, 0.25) is 5.78 Å². The number of fused-ring (bicyclic) bond motifs is 1. The number of H-pyrrole nitrogens is 1. The van der Waals surface area contributed by atoms with Crippen LogP contribution in [0.15, 0.2) is 69.0 Å². The fourth-order valence-electron chi connectivity index (χ4n) is 6.07. The van der Waals surface area contributed by atoms with Gasteiger partial charge in [-0.2, -0.15) is 10.1 Å². The van der Waals surface area contributed by atoms with Gasteiger partial charge in [-0.05, 0) is 62.1 Å². The number of halogens is 1. The number of aryl methyl sites for hydroxylation is 1. The Hall–Kier alpha value is -4.71. The molecule has 11 nitrogen and oxygen atoms in total. The van der Waals surface area contributed by atoms with Crippen LogP contribution < -0.4 is 11.3 Å². The van der Waals surface area contributed by atoms with Crippen LogP contribution in [0.25, 0.3) is 28.3 Å². The van der Waals surface area contributed by atoms with Gasteiger partial charge in [0.05, 0.1) is 18.5 Å². The standard InChI is InChI=1S/C32H33FN6O5/c1-20(40)18-43-24-14-12-23(13-15-24)38-30(41)27(28(7-4-16-33)39-31(38)34-19-35-39)17-21-8-10-22(11-9-21)25-5-2-3-6-26(25)29-36-32(42)44-37-29/h2-3,5-6,8-11,19,23-24H,4,7,12-18H2,1H3,(H,36,37,42)/t23-,24-. The van der Waals surface area contributed by atoms with Crippen molar-refractivity contribution < 1.29 is 18.4 Å². The number of hydrogen-bond acceptors (Lipinski definition) is 8. The van der Waals surface area contributed by atoms with Crippen molar-refractivity contribution in [2.24, 2.45) is 0 Å². The van der Waals surface area contributed by atoms with Crippen molar-refractivity contribution in [3.05, 3.63) is 92.6 Å². The van der Waals surface area contributed by atoms with Crippen molar-refractivity contribution in [3.8, 4) is 22.5 Å². The van der Waals surface area contributed by atoms with Gasteiger partial charge >= 0.3 is 5.76 Å². The van der Waals surface area contributed by atoms with E-state index in [1.807, 2.05) is 48.5 Å². The summed E-state index contributed by atoms with van der Waals surface area (Å²) < 4.78 is 27.2. The van der Waals surface area contributed by atoms with Gasteiger partial charge < -0.3 is 4.74 Å². The Bertz CT molecular complexity index is 1880. The van der Waals surface area contributed by atoms with E-state index in [2.05, 4.69) is 20.2 Å². The second kappa shape index (κ2) is 12.9. The molecule has 0 radical (unpaired) electrons. The van der Waals surface area contributed by atoms with Crippen LogP contribution in [0.3, 0.4) is 0 Å². The van der Waals surface area contributed by atoms with E-state index >= 15 is 0 Å². The molecule has 3 aromatic heterocycles. The second-order valence-electron chi connectivity index (χ2n) is 11.2. The highest BCUT2D eigenvalue weighted by atomic mass is 19.1. The number of ketones is 1. The molecular formula is C32H33FN6O5. The third-order valence-electron chi connectivity index (χ3n) is 8.17. The lowest BCUT2D eigenvalue weighted by molar-refractivity contribution is -0.124. The quantitative estimate of drug-likeness (QED) is 0.234. The van der Waals surface area contributed by atoms with E-state index in [0.717, 1.165) is 35.1 Å². The van der Waals surface area contributed by atoms with Gasteiger partial charge in [-0.3, -0.25) is 28.1 Å². The molecule has 2 aromatic carbocycles. The third-order valence-corrected chi connectivity index (χ3v) is 8.17. The van der Waals surface area contributed by atoms with E-state index in [4.69, 9.17) is 9.26 Å². The molecule has 0 atom stereocenters. The summed E-state index contributed by atoms with van der Waals surface area (Å²) in [6.45, 7) is 1.10. The molecule has 1 aliphatic carbocycles. The Balaban J connectivity index is 1.32. The van der Waals surface area contributed by atoms with Gasteiger partial charge in [0.15, 0.2) is 11.6 Å². The van der Waals surface area contributed by atoms with Crippen LogP contribution in [0, 0.1) is 0 Å². The molecule has 0 saturated heterocycles. The first-order valence-corrected chi connectivity index (χ1v) is 14.8. The summed E-state index contributed by atoms with van der Waals surface area (Å²) in [7, 11) is 0. The molecule has 6 rings (SSSR count). The third kappa shape index (κ3) is 6.02. The predicted octanol–water partition coefficient (Wildman–Crippen LogP) is 4.48. The van der Waals surface area contributed by atoms with E-state index in [1.54, 1.807) is 9.08 Å². The number of nitrogens with zero attached hydrogens (tertiary/aromatic N) is 5. The van der Waals surface area contributed by atoms with E-state index in [9.17, 15) is 18.8 Å². The van der Waals surface area contributed by atoms with Crippen molar-refractivity contribution in [2.75, 3.05) is 13.3 Å². The number of carbonyl (C=O) groups is 1. The van der Waals surface area contributed by atoms with E-state index in [0.29, 0.717) is 48.5 Å². The minimum Gasteiger partial charge on any atom is -0.370 e. The lowest BCUT2D eigenvalue weighted by atomic mass is 9.92.